The number of nitrogens with zero attached hydrogens (tertiary/aromatic N) is 1. The number of rotatable bonds is 5. The minimum absolute atomic E-state index is 0.0641. The average Bonchev–Trinajstić information content (AvgIpc) is 2.47. The molecule has 0 aliphatic carbocycles. The van der Waals surface area contributed by atoms with Crippen LogP contribution in [0.25, 0.3) is 0 Å². The van der Waals surface area contributed by atoms with E-state index >= 15 is 0 Å². The maximum absolute atomic E-state index is 8.44. The first-order valence-electron chi connectivity index (χ1n) is 6.28. The lowest BCUT2D eigenvalue weighted by molar-refractivity contribution is 0.368. The van der Waals surface area contributed by atoms with Crippen molar-refractivity contribution >= 4 is 17.3 Å². The lowest BCUT2D eigenvalue weighted by Gasteiger charge is -2.09. The minimum atomic E-state index is 0.0641. The molecule has 3 nitrogen and oxygen atoms in total. The summed E-state index contributed by atoms with van der Waals surface area (Å²) in [5.74, 6) is 0.690. The standard InChI is InChI=1S/C16H15ClN2O/c1-12-2-3-13(10-16(12)17)11-19-14-4-6-15(7-5-14)20-9-8-18/h2-7,10,19H,9,11H2,1H3. The molecular weight excluding hydrogens is 272 g/mol. The van der Waals surface area contributed by atoms with Gasteiger partial charge < -0.3 is 10.1 Å². The summed E-state index contributed by atoms with van der Waals surface area (Å²) >= 11 is 6.09. The predicted octanol–water partition coefficient (Wildman–Crippen LogP) is 4.16. The van der Waals surface area contributed by atoms with E-state index in [4.69, 9.17) is 21.6 Å². The van der Waals surface area contributed by atoms with Crippen LogP contribution in [-0.2, 0) is 6.54 Å². The molecule has 2 rings (SSSR count). The summed E-state index contributed by atoms with van der Waals surface area (Å²) < 4.78 is 5.20. The number of nitriles is 1. The summed E-state index contributed by atoms with van der Waals surface area (Å²) in [6.45, 7) is 2.76. The van der Waals surface area contributed by atoms with Crippen molar-refractivity contribution in [2.24, 2.45) is 0 Å². The molecule has 0 fully saturated rings. The van der Waals surface area contributed by atoms with Crippen LogP contribution in [-0.4, -0.2) is 6.61 Å². The van der Waals surface area contributed by atoms with Gasteiger partial charge in [-0.2, -0.15) is 5.26 Å². The molecule has 0 aliphatic heterocycles. The molecule has 0 saturated carbocycles. The molecule has 0 amide bonds. The second-order valence-electron chi connectivity index (χ2n) is 4.41. The number of nitrogens with one attached hydrogen (secondary N) is 1. The summed E-state index contributed by atoms with van der Waals surface area (Å²) in [6, 6.07) is 15.5. The van der Waals surface area contributed by atoms with Gasteiger partial charge >= 0.3 is 0 Å². The number of aryl methyl sites for hydroxylation is 1. The third-order valence-electron chi connectivity index (χ3n) is 2.89. The number of halogens is 1. The van der Waals surface area contributed by atoms with Gasteiger partial charge in [-0.3, -0.25) is 0 Å². The van der Waals surface area contributed by atoms with Crippen LogP contribution in [0, 0.1) is 18.3 Å². The zero-order chi connectivity index (χ0) is 14.4. The zero-order valence-electron chi connectivity index (χ0n) is 11.2. The van der Waals surface area contributed by atoms with E-state index in [2.05, 4.69) is 11.4 Å². The predicted molar refractivity (Wildman–Crippen MR) is 81.1 cm³/mol. The van der Waals surface area contributed by atoms with Gasteiger partial charge in [-0.1, -0.05) is 23.7 Å². The van der Waals surface area contributed by atoms with Gasteiger partial charge in [0.05, 0.1) is 0 Å². The van der Waals surface area contributed by atoms with E-state index in [0.717, 1.165) is 21.8 Å². The number of hydrogen-bond acceptors (Lipinski definition) is 3. The molecule has 2 aromatic rings. The first kappa shape index (κ1) is 14.2. The summed E-state index contributed by atoms with van der Waals surface area (Å²) in [5, 5.41) is 12.5. The molecule has 0 radical (unpaired) electrons. The Morgan fingerprint density at radius 1 is 1.20 bits per heavy atom. The molecule has 0 unspecified atom stereocenters. The van der Waals surface area contributed by atoms with Crippen molar-refractivity contribution in [1.82, 2.24) is 0 Å². The summed E-state index contributed by atoms with van der Waals surface area (Å²) in [6.07, 6.45) is 0. The molecule has 4 heteroatoms. The zero-order valence-corrected chi connectivity index (χ0v) is 11.9. The molecule has 1 N–H and O–H groups in total. The Labute approximate surface area is 123 Å². The highest BCUT2D eigenvalue weighted by atomic mass is 35.5. The highest BCUT2D eigenvalue weighted by Crippen LogP contribution is 2.19. The van der Waals surface area contributed by atoms with Crippen LogP contribution in [0.3, 0.4) is 0 Å². The lowest BCUT2D eigenvalue weighted by atomic mass is 10.1. The van der Waals surface area contributed by atoms with Gasteiger partial charge in [0.2, 0.25) is 0 Å². The second-order valence-corrected chi connectivity index (χ2v) is 4.82. The van der Waals surface area contributed by atoms with Crippen LogP contribution in [0.2, 0.25) is 5.02 Å². The van der Waals surface area contributed by atoms with Gasteiger partial charge in [0, 0.05) is 17.3 Å². The fraction of sp³-hybridized carbons (Fsp3) is 0.188. The van der Waals surface area contributed by atoms with Gasteiger partial charge in [-0.15, -0.1) is 0 Å². The quantitative estimate of drug-likeness (QED) is 0.897. The molecular formula is C16H15ClN2O. The molecule has 0 aromatic heterocycles. The third-order valence-corrected chi connectivity index (χ3v) is 3.30. The van der Waals surface area contributed by atoms with E-state index in [0.29, 0.717) is 12.3 Å². The Kier molecular flexibility index (Phi) is 4.86. The normalized spacial score (nSPS) is 9.85. The molecule has 2 aromatic carbocycles. The van der Waals surface area contributed by atoms with Crippen molar-refractivity contribution in [3.05, 3.63) is 58.6 Å². The average molecular weight is 287 g/mol. The van der Waals surface area contributed by atoms with Crippen molar-refractivity contribution in [2.75, 3.05) is 11.9 Å². The summed E-state index contributed by atoms with van der Waals surface area (Å²) in [5.41, 5.74) is 3.20. The fourth-order valence-corrected chi connectivity index (χ4v) is 1.94. The van der Waals surface area contributed by atoms with E-state index in [1.807, 2.05) is 49.4 Å². The van der Waals surface area contributed by atoms with Crippen molar-refractivity contribution in [2.45, 2.75) is 13.5 Å². The third kappa shape index (κ3) is 3.91. The van der Waals surface area contributed by atoms with Crippen LogP contribution in [0.4, 0.5) is 5.69 Å². The fourth-order valence-electron chi connectivity index (χ4n) is 1.74. The number of ether oxygens (including phenoxy) is 1. The largest absolute Gasteiger partial charge is 0.479 e. The topological polar surface area (TPSA) is 45.0 Å². The second kappa shape index (κ2) is 6.83. The number of benzene rings is 2. The molecule has 0 bridgehead atoms. The number of anilines is 1. The van der Waals surface area contributed by atoms with E-state index < -0.39 is 0 Å². The highest BCUT2D eigenvalue weighted by molar-refractivity contribution is 6.31. The van der Waals surface area contributed by atoms with Crippen LogP contribution < -0.4 is 10.1 Å². The molecule has 20 heavy (non-hydrogen) atoms. The van der Waals surface area contributed by atoms with Gasteiger partial charge in [-0.25, -0.2) is 0 Å². The van der Waals surface area contributed by atoms with Crippen LogP contribution >= 0.6 is 11.6 Å². The van der Waals surface area contributed by atoms with Crippen LogP contribution in [0.15, 0.2) is 42.5 Å². The Bertz CT molecular complexity index is 617. The van der Waals surface area contributed by atoms with E-state index in [1.54, 1.807) is 0 Å². The van der Waals surface area contributed by atoms with Crippen molar-refractivity contribution in [3.63, 3.8) is 0 Å². The minimum Gasteiger partial charge on any atom is -0.479 e. The lowest BCUT2D eigenvalue weighted by Crippen LogP contribution is -2.00. The monoisotopic (exact) mass is 286 g/mol. The van der Waals surface area contributed by atoms with Gasteiger partial charge in [0.1, 0.15) is 11.8 Å². The number of hydrogen-bond donors (Lipinski definition) is 1. The highest BCUT2D eigenvalue weighted by Gasteiger charge is 1.99. The molecule has 102 valence electrons. The van der Waals surface area contributed by atoms with Crippen LogP contribution in [0.5, 0.6) is 5.75 Å². The SMILES string of the molecule is Cc1ccc(CNc2ccc(OCC#N)cc2)cc1Cl. The van der Waals surface area contributed by atoms with E-state index in [9.17, 15) is 0 Å². The van der Waals surface area contributed by atoms with Gasteiger partial charge in [0.25, 0.3) is 0 Å². The molecule has 0 heterocycles. The Hall–Kier alpha value is -2.18. The Morgan fingerprint density at radius 2 is 1.95 bits per heavy atom. The molecule has 0 saturated heterocycles. The van der Waals surface area contributed by atoms with Crippen molar-refractivity contribution in [1.29, 1.82) is 5.26 Å². The summed E-state index contributed by atoms with van der Waals surface area (Å²) in [7, 11) is 0. The summed E-state index contributed by atoms with van der Waals surface area (Å²) in [4.78, 5) is 0. The Balaban J connectivity index is 1.93. The molecule has 0 aliphatic rings. The van der Waals surface area contributed by atoms with E-state index in [-0.39, 0.29) is 6.61 Å². The Morgan fingerprint density at radius 3 is 2.60 bits per heavy atom. The van der Waals surface area contributed by atoms with Crippen LogP contribution in [0.1, 0.15) is 11.1 Å². The first-order valence-corrected chi connectivity index (χ1v) is 6.65. The molecule has 0 spiro atoms. The van der Waals surface area contributed by atoms with Crippen molar-refractivity contribution in [3.8, 4) is 11.8 Å². The smallest absolute Gasteiger partial charge is 0.174 e. The maximum Gasteiger partial charge on any atom is 0.174 e. The van der Waals surface area contributed by atoms with Crippen molar-refractivity contribution < 1.29 is 4.74 Å². The first-order chi connectivity index (χ1) is 9.69. The van der Waals surface area contributed by atoms with Gasteiger partial charge in [-0.05, 0) is 48.4 Å². The maximum atomic E-state index is 8.44. The van der Waals surface area contributed by atoms with Gasteiger partial charge in [0.15, 0.2) is 6.61 Å². The molecule has 0 atom stereocenters. The van der Waals surface area contributed by atoms with E-state index in [1.165, 1.54) is 0 Å².